The molecule has 1 heterocycles. The summed E-state index contributed by atoms with van der Waals surface area (Å²) in [6.07, 6.45) is 1.54. The van der Waals surface area contributed by atoms with Gasteiger partial charge in [0.05, 0.1) is 29.2 Å². The van der Waals surface area contributed by atoms with Gasteiger partial charge in [0.25, 0.3) is 11.1 Å². The van der Waals surface area contributed by atoms with Crippen molar-refractivity contribution in [2.75, 3.05) is 13.7 Å². The number of carbonyl (C=O) groups excluding carboxylic acids is 3. The van der Waals surface area contributed by atoms with Crippen LogP contribution in [0.15, 0.2) is 21.5 Å². The first-order chi connectivity index (χ1) is 13.2. The molecule has 7 nitrogen and oxygen atoms in total. The molecule has 1 atom stereocenters. The minimum atomic E-state index is -0.990. The normalized spacial score (nSPS) is 16.7. The molecule has 0 N–H and O–H groups in total. The lowest BCUT2D eigenvalue weighted by molar-refractivity contribution is -0.148. The van der Waals surface area contributed by atoms with Crippen molar-refractivity contribution in [3.05, 3.63) is 27.1 Å². The minimum absolute atomic E-state index is 0.0438. The van der Waals surface area contributed by atoms with Crippen LogP contribution >= 0.6 is 27.7 Å². The van der Waals surface area contributed by atoms with E-state index in [9.17, 15) is 14.4 Å². The largest absolute Gasteiger partial charge is 0.490 e. The van der Waals surface area contributed by atoms with Crippen molar-refractivity contribution in [2.24, 2.45) is 0 Å². The molecule has 2 rings (SSSR count). The Morgan fingerprint density at radius 2 is 1.96 bits per heavy atom. The maximum atomic E-state index is 12.6. The van der Waals surface area contributed by atoms with Gasteiger partial charge < -0.3 is 14.2 Å². The Balaban J connectivity index is 2.38. The molecule has 0 aromatic heterocycles. The summed E-state index contributed by atoms with van der Waals surface area (Å²) in [6.45, 7) is 7.58. The maximum absolute atomic E-state index is 12.6. The number of hydrogen-bond acceptors (Lipinski definition) is 7. The van der Waals surface area contributed by atoms with Crippen LogP contribution in [0.5, 0.6) is 11.5 Å². The molecular weight excluding hydrogens is 450 g/mol. The standard InChI is InChI=1S/C19H22BrNO6S/c1-6-26-14-8-12(7-13(20)16(14)27-10(2)3)9-15-17(22)21(19(24)28-15)11(4)18(23)25-5/h7-11H,6H2,1-5H3/b15-9+/t11-/m0/s1. The van der Waals surface area contributed by atoms with Crippen molar-refractivity contribution in [1.29, 1.82) is 0 Å². The van der Waals surface area contributed by atoms with E-state index in [4.69, 9.17) is 9.47 Å². The van der Waals surface area contributed by atoms with Crippen molar-refractivity contribution < 1.29 is 28.6 Å². The summed E-state index contributed by atoms with van der Waals surface area (Å²) in [5, 5.41) is -0.516. The van der Waals surface area contributed by atoms with Gasteiger partial charge in [-0.05, 0) is 79.2 Å². The van der Waals surface area contributed by atoms with E-state index in [0.29, 0.717) is 28.1 Å². The van der Waals surface area contributed by atoms with E-state index in [1.807, 2.05) is 20.8 Å². The monoisotopic (exact) mass is 471 g/mol. The molecule has 1 aromatic rings. The van der Waals surface area contributed by atoms with E-state index in [2.05, 4.69) is 20.7 Å². The van der Waals surface area contributed by atoms with Crippen molar-refractivity contribution >= 4 is 50.9 Å². The Labute approximate surface area is 176 Å². The number of imide groups is 1. The topological polar surface area (TPSA) is 82.1 Å². The highest BCUT2D eigenvalue weighted by atomic mass is 79.9. The van der Waals surface area contributed by atoms with E-state index in [1.165, 1.54) is 14.0 Å². The minimum Gasteiger partial charge on any atom is -0.490 e. The van der Waals surface area contributed by atoms with Gasteiger partial charge in [-0.15, -0.1) is 0 Å². The molecule has 1 aliphatic rings. The van der Waals surface area contributed by atoms with Crippen molar-refractivity contribution in [2.45, 2.75) is 39.8 Å². The molecule has 9 heteroatoms. The van der Waals surface area contributed by atoms with Crippen LogP contribution in [0, 0.1) is 0 Å². The molecule has 1 saturated heterocycles. The summed E-state index contributed by atoms with van der Waals surface area (Å²) in [5.41, 5.74) is 0.655. The molecule has 0 radical (unpaired) electrons. The van der Waals surface area contributed by atoms with Crippen LogP contribution in [0.25, 0.3) is 6.08 Å². The molecule has 0 unspecified atom stereocenters. The number of ether oxygens (including phenoxy) is 3. The zero-order chi connectivity index (χ0) is 21.0. The highest BCUT2D eigenvalue weighted by molar-refractivity contribution is 9.10. The average molecular weight is 472 g/mol. The molecule has 152 valence electrons. The molecule has 28 heavy (non-hydrogen) atoms. The fourth-order valence-electron chi connectivity index (χ4n) is 2.53. The number of nitrogens with zero attached hydrogens (tertiary/aromatic N) is 1. The number of esters is 1. The van der Waals surface area contributed by atoms with Gasteiger partial charge in [0, 0.05) is 0 Å². The summed E-state index contributed by atoms with van der Waals surface area (Å²) in [7, 11) is 1.21. The van der Waals surface area contributed by atoms with Gasteiger partial charge in [-0.25, -0.2) is 4.79 Å². The molecule has 0 spiro atoms. The Bertz CT molecular complexity index is 823. The number of thioether (sulfide) groups is 1. The lowest BCUT2D eigenvalue weighted by atomic mass is 10.1. The van der Waals surface area contributed by atoms with Gasteiger partial charge in [-0.2, -0.15) is 0 Å². The summed E-state index contributed by atoms with van der Waals surface area (Å²) in [4.78, 5) is 37.7. The average Bonchev–Trinajstić information content (AvgIpc) is 2.90. The van der Waals surface area contributed by atoms with E-state index in [0.717, 1.165) is 16.7 Å². The van der Waals surface area contributed by atoms with Crippen LogP contribution < -0.4 is 9.47 Å². The summed E-state index contributed by atoms with van der Waals surface area (Å²) < 4.78 is 16.8. The Morgan fingerprint density at radius 1 is 1.29 bits per heavy atom. The lowest BCUT2D eigenvalue weighted by Gasteiger charge is -2.18. The third-order valence-corrected chi connectivity index (χ3v) is 5.21. The predicted octanol–water partition coefficient (Wildman–Crippen LogP) is 4.23. The van der Waals surface area contributed by atoms with Crippen LogP contribution in [0.2, 0.25) is 0 Å². The molecule has 0 saturated carbocycles. The fraction of sp³-hybridized carbons (Fsp3) is 0.421. The maximum Gasteiger partial charge on any atom is 0.328 e. The first kappa shape index (κ1) is 22.3. The Kier molecular flexibility index (Phi) is 7.54. The summed E-state index contributed by atoms with van der Waals surface area (Å²) >= 11 is 4.25. The van der Waals surface area contributed by atoms with Crippen molar-refractivity contribution in [3.63, 3.8) is 0 Å². The van der Waals surface area contributed by atoms with E-state index in [1.54, 1.807) is 18.2 Å². The molecule has 2 amide bonds. The number of amides is 2. The first-order valence-corrected chi connectivity index (χ1v) is 10.3. The fourth-order valence-corrected chi connectivity index (χ4v) is 3.99. The molecule has 1 aromatic carbocycles. The van der Waals surface area contributed by atoms with Crippen LogP contribution in [-0.4, -0.2) is 47.9 Å². The molecule has 0 bridgehead atoms. The van der Waals surface area contributed by atoms with Gasteiger partial charge in [-0.3, -0.25) is 14.5 Å². The smallest absolute Gasteiger partial charge is 0.328 e. The predicted molar refractivity (Wildman–Crippen MR) is 110 cm³/mol. The number of benzene rings is 1. The van der Waals surface area contributed by atoms with Crippen LogP contribution in [0.1, 0.15) is 33.3 Å². The van der Waals surface area contributed by atoms with Crippen LogP contribution in [0.3, 0.4) is 0 Å². The highest BCUT2D eigenvalue weighted by Gasteiger charge is 2.41. The van der Waals surface area contributed by atoms with E-state index < -0.39 is 23.2 Å². The van der Waals surface area contributed by atoms with Gasteiger partial charge in [0.1, 0.15) is 6.04 Å². The van der Waals surface area contributed by atoms with E-state index >= 15 is 0 Å². The van der Waals surface area contributed by atoms with Crippen LogP contribution in [-0.2, 0) is 14.3 Å². The number of carbonyl (C=O) groups is 3. The third kappa shape index (κ3) is 4.88. The van der Waals surface area contributed by atoms with Crippen molar-refractivity contribution in [3.8, 4) is 11.5 Å². The second kappa shape index (κ2) is 9.47. The number of hydrogen-bond donors (Lipinski definition) is 0. The molecule has 1 fully saturated rings. The van der Waals surface area contributed by atoms with Crippen LogP contribution in [0.4, 0.5) is 4.79 Å². The van der Waals surface area contributed by atoms with Gasteiger partial charge in [0.2, 0.25) is 0 Å². The zero-order valence-corrected chi connectivity index (χ0v) is 18.7. The van der Waals surface area contributed by atoms with Gasteiger partial charge in [0.15, 0.2) is 11.5 Å². The number of methoxy groups -OCH3 is 1. The Hall–Kier alpha value is -2.00. The summed E-state index contributed by atoms with van der Waals surface area (Å²) in [5.74, 6) is -0.0926. The van der Waals surface area contributed by atoms with Gasteiger partial charge in [-0.1, -0.05) is 0 Å². The summed E-state index contributed by atoms with van der Waals surface area (Å²) in [6, 6.07) is 2.53. The van der Waals surface area contributed by atoms with E-state index in [-0.39, 0.29) is 11.0 Å². The first-order valence-electron chi connectivity index (χ1n) is 8.67. The SMILES string of the molecule is CCOc1cc(/C=C2/SC(=O)N([C@@H](C)C(=O)OC)C2=O)cc(Br)c1OC(C)C. The van der Waals surface area contributed by atoms with Gasteiger partial charge >= 0.3 is 5.97 Å². The number of rotatable bonds is 7. The zero-order valence-electron chi connectivity index (χ0n) is 16.3. The molecule has 0 aliphatic carbocycles. The second-order valence-electron chi connectivity index (χ2n) is 6.18. The quantitative estimate of drug-likeness (QED) is 0.434. The van der Waals surface area contributed by atoms with Crippen molar-refractivity contribution in [1.82, 2.24) is 4.90 Å². The second-order valence-corrected chi connectivity index (χ2v) is 8.03. The third-order valence-electron chi connectivity index (χ3n) is 3.74. The number of halogens is 1. The molecule has 1 aliphatic heterocycles. The highest BCUT2D eigenvalue weighted by Crippen LogP contribution is 2.40. The molecular formula is C19H22BrNO6S. The lowest BCUT2D eigenvalue weighted by Crippen LogP contribution is -2.42. The Morgan fingerprint density at radius 3 is 2.54 bits per heavy atom.